The van der Waals surface area contributed by atoms with Crippen LogP contribution in [0.5, 0.6) is 0 Å². The SMILES string of the molecule is CCCC(=O)c1ccc2sc3ccccc3c(=O)c2c1. The quantitative estimate of drug-likeness (QED) is 0.527. The molecule has 0 aliphatic heterocycles. The topological polar surface area (TPSA) is 34.1 Å². The van der Waals surface area contributed by atoms with Crippen molar-refractivity contribution in [2.75, 3.05) is 0 Å². The summed E-state index contributed by atoms with van der Waals surface area (Å²) < 4.78 is 1.92. The number of carbonyl (C=O) groups excluding carboxylic acids is 1. The number of carbonyl (C=O) groups is 1. The van der Waals surface area contributed by atoms with E-state index in [-0.39, 0.29) is 11.2 Å². The van der Waals surface area contributed by atoms with Gasteiger partial charge in [0.2, 0.25) is 0 Å². The van der Waals surface area contributed by atoms with Crippen LogP contribution >= 0.6 is 11.3 Å². The first-order valence-corrected chi connectivity index (χ1v) is 7.51. The monoisotopic (exact) mass is 282 g/mol. The zero-order valence-corrected chi connectivity index (χ0v) is 12.0. The second-order valence-electron chi connectivity index (χ2n) is 4.81. The Kier molecular flexibility index (Phi) is 3.36. The predicted octanol–water partition coefficient (Wildman–Crippen LogP) is 4.40. The lowest BCUT2D eigenvalue weighted by atomic mass is 10.0. The smallest absolute Gasteiger partial charge is 0.195 e. The van der Waals surface area contributed by atoms with Crippen LogP contribution in [-0.2, 0) is 0 Å². The molecule has 0 saturated carbocycles. The summed E-state index contributed by atoms with van der Waals surface area (Å²) in [5, 5.41) is 1.38. The number of Topliss-reactive ketones (excluding diaryl/α,β-unsaturated/α-hetero) is 1. The van der Waals surface area contributed by atoms with Crippen LogP contribution in [-0.4, -0.2) is 5.78 Å². The van der Waals surface area contributed by atoms with Crippen LogP contribution in [0.15, 0.2) is 47.3 Å². The van der Waals surface area contributed by atoms with Gasteiger partial charge in [-0.25, -0.2) is 0 Å². The fourth-order valence-electron chi connectivity index (χ4n) is 2.35. The first kappa shape index (κ1) is 13.0. The van der Waals surface area contributed by atoms with Gasteiger partial charge in [0.05, 0.1) is 0 Å². The summed E-state index contributed by atoms with van der Waals surface area (Å²) >= 11 is 1.59. The molecule has 1 heterocycles. The number of benzene rings is 2. The zero-order valence-electron chi connectivity index (χ0n) is 11.2. The van der Waals surface area contributed by atoms with Crippen LogP contribution in [0.3, 0.4) is 0 Å². The molecule has 1 aromatic heterocycles. The highest BCUT2D eigenvalue weighted by molar-refractivity contribution is 7.24. The van der Waals surface area contributed by atoms with Gasteiger partial charge in [0.25, 0.3) is 0 Å². The van der Waals surface area contributed by atoms with Crippen LogP contribution in [0.1, 0.15) is 30.1 Å². The van der Waals surface area contributed by atoms with Gasteiger partial charge in [-0.2, -0.15) is 0 Å². The van der Waals surface area contributed by atoms with Crippen LogP contribution in [0.2, 0.25) is 0 Å². The van der Waals surface area contributed by atoms with E-state index in [9.17, 15) is 9.59 Å². The van der Waals surface area contributed by atoms with Crippen LogP contribution < -0.4 is 5.43 Å². The molecule has 0 amide bonds. The Hall–Kier alpha value is -2.00. The Labute approximate surface area is 120 Å². The summed E-state index contributed by atoms with van der Waals surface area (Å²) in [6, 6.07) is 13.1. The molecule has 2 aromatic carbocycles. The van der Waals surface area contributed by atoms with Gasteiger partial charge < -0.3 is 0 Å². The molecule has 0 bridgehead atoms. The lowest BCUT2D eigenvalue weighted by molar-refractivity contribution is 0.0982. The fourth-order valence-corrected chi connectivity index (χ4v) is 3.40. The van der Waals surface area contributed by atoms with Gasteiger partial charge in [-0.15, -0.1) is 11.3 Å². The third kappa shape index (κ3) is 2.14. The Morgan fingerprint density at radius 1 is 1.05 bits per heavy atom. The average Bonchev–Trinajstić information content (AvgIpc) is 2.47. The van der Waals surface area contributed by atoms with Crippen molar-refractivity contribution in [2.24, 2.45) is 0 Å². The van der Waals surface area contributed by atoms with Crippen molar-refractivity contribution >= 4 is 37.3 Å². The summed E-state index contributed by atoms with van der Waals surface area (Å²) in [4.78, 5) is 24.5. The third-order valence-corrected chi connectivity index (χ3v) is 4.53. The molecule has 0 fully saturated rings. The van der Waals surface area contributed by atoms with Gasteiger partial charge in [-0.05, 0) is 36.8 Å². The molecule has 0 aliphatic rings. The maximum atomic E-state index is 12.5. The molecule has 0 aliphatic carbocycles. The van der Waals surface area contributed by atoms with Crippen LogP contribution in [0, 0.1) is 0 Å². The highest BCUT2D eigenvalue weighted by Gasteiger charge is 2.09. The lowest BCUT2D eigenvalue weighted by Gasteiger charge is -2.03. The molecule has 0 saturated heterocycles. The van der Waals surface area contributed by atoms with E-state index in [1.54, 1.807) is 17.4 Å². The average molecular weight is 282 g/mol. The Morgan fingerprint density at radius 3 is 2.60 bits per heavy atom. The van der Waals surface area contributed by atoms with E-state index in [0.29, 0.717) is 17.4 Å². The van der Waals surface area contributed by atoms with E-state index in [1.807, 2.05) is 43.3 Å². The van der Waals surface area contributed by atoms with Gasteiger partial charge in [0.15, 0.2) is 11.2 Å². The minimum atomic E-state index is 0.0144. The third-order valence-electron chi connectivity index (χ3n) is 3.37. The highest BCUT2D eigenvalue weighted by Crippen LogP contribution is 2.25. The summed E-state index contributed by atoms with van der Waals surface area (Å²) in [7, 11) is 0. The Bertz CT molecular complexity index is 862. The number of hydrogen-bond donors (Lipinski definition) is 0. The van der Waals surface area contributed by atoms with Crippen molar-refractivity contribution in [1.82, 2.24) is 0 Å². The van der Waals surface area contributed by atoms with Crippen LogP contribution in [0.4, 0.5) is 0 Å². The molecular formula is C17H14O2S. The summed E-state index contributed by atoms with van der Waals surface area (Å²) in [6.45, 7) is 1.98. The molecule has 3 aromatic rings. The lowest BCUT2D eigenvalue weighted by Crippen LogP contribution is -2.04. The molecule has 0 atom stereocenters. The van der Waals surface area contributed by atoms with Crippen LogP contribution in [0.25, 0.3) is 20.2 Å². The molecule has 3 heteroatoms. The summed E-state index contributed by atoms with van der Waals surface area (Å²) in [5.41, 5.74) is 0.652. The standard InChI is InChI=1S/C17H14O2S/c1-2-5-14(18)11-8-9-16-13(10-11)17(19)12-6-3-4-7-15(12)20-16/h3-4,6-10H,2,5H2,1H3. The molecule has 100 valence electrons. The Morgan fingerprint density at radius 2 is 1.80 bits per heavy atom. The molecule has 0 unspecified atom stereocenters. The Balaban J connectivity index is 2.28. The number of fused-ring (bicyclic) bond motifs is 2. The largest absolute Gasteiger partial charge is 0.294 e. The zero-order chi connectivity index (χ0) is 14.1. The molecule has 3 rings (SSSR count). The van der Waals surface area contributed by atoms with Gasteiger partial charge in [0.1, 0.15) is 0 Å². The van der Waals surface area contributed by atoms with E-state index in [2.05, 4.69) is 0 Å². The van der Waals surface area contributed by atoms with Crippen molar-refractivity contribution in [1.29, 1.82) is 0 Å². The molecule has 2 nitrogen and oxygen atoms in total. The minimum Gasteiger partial charge on any atom is -0.294 e. The van der Waals surface area contributed by atoms with E-state index < -0.39 is 0 Å². The van der Waals surface area contributed by atoms with E-state index in [1.165, 1.54) is 0 Å². The van der Waals surface area contributed by atoms with E-state index in [4.69, 9.17) is 0 Å². The first-order valence-electron chi connectivity index (χ1n) is 6.69. The number of ketones is 1. The van der Waals surface area contributed by atoms with Crippen molar-refractivity contribution in [2.45, 2.75) is 19.8 Å². The predicted molar refractivity (Wildman–Crippen MR) is 84.8 cm³/mol. The van der Waals surface area contributed by atoms with Crippen molar-refractivity contribution in [3.8, 4) is 0 Å². The van der Waals surface area contributed by atoms with Crippen molar-refractivity contribution in [3.05, 3.63) is 58.3 Å². The molecule has 20 heavy (non-hydrogen) atoms. The fraction of sp³-hybridized carbons (Fsp3) is 0.176. The minimum absolute atomic E-state index is 0.0144. The highest BCUT2D eigenvalue weighted by atomic mass is 32.1. The first-order chi connectivity index (χ1) is 9.70. The summed E-state index contributed by atoms with van der Waals surface area (Å²) in [6.07, 6.45) is 1.35. The van der Waals surface area contributed by atoms with Gasteiger partial charge in [-0.3, -0.25) is 9.59 Å². The van der Waals surface area contributed by atoms with Crippen molar-refractivity contribution < 1.29 is 4.79 Å². The van der Waals surface area contributed by atoms with Gasteiger partial charge in [0, 0.05) is 32.2 Å². The van der Waals surface area contributed by atoms with Gasteiger partial charge >= 0.3 is 0 Å². The number of rotatable bonds is 3. The maximum absolute atomic E-state index is 12.5. The molecular weight excluding hydrogens is 268 g/mol. The van der Waals surface area contributed by atoms with E-state index >= 15 is 0 Å². The summed E-state index contributed by atoms with van der Waals surface area (Å²) in [5.74, 6) is 0.104. The second kappa shape index (κ2) is 5.17. The molecule has 0 spiro atoms. The molecule has 0 N–H and O–H groups in total. The maximum Gasteiger partial charge on any atom is 0.195 e. The normalized spacial score (nSPS) is 11.1. The molecule has 0 radical (unpaired) electrons. The van der Waals surface area contributed by atoms with E-state index in [0.717, 1.165) is 21.2 Å². The van der Waals surface area contributed by atoms with Gasteiger partial charge in [-0.1, -0.05) is 19.1 Å². The van der Waals surface area contributed by atoms with Crippen molar-refractivity contribution in [3.63, 3.8) is 0 Å². The number of hydrogen-bond acceptors (Lipinski definition) is 3. The second-order valence-corrected chi connectivity index (χ2v) is 5.90.